The molecule has 0 spiro atoms. The third-order valence-corrected chi connectivity index (χ3v) is 7.16. The molecule has 2 saturated heterocycles. The van der Waals surface area contributed by atoms with E-state index >= 15 is 0 Å². The fourth-order valence-corrected chi connectivity index (χ4v) is 5.15. The van der Waals surface area contributed by atoms with Crippen LogP contribution in [0.15, 0.2) is 36.5 Å². The molecular weight excluding hydrogens is 527 g/mol. The number of alkyl carbamates (subject to hydrolysis) is 1. The van der Waals surface area contributed by atoms with Gasteiger partial charge >= 0.3 is 13.2 Å². The minimum absolute atomic E-state index is 0.105. The number of fused-ring (bicyclic) bond motifs is 1. The zero-order valence-electron chi connectivity index (χ0n) is 24.7. The number of rotatable bonds is 6. The second-order valence-corrected chi connectivity index (χ2v) is 12.8. The van der Waals surface area contributed by atoms with Gasteiger partial charge in [0.2, 0.25) is 17.7 Å². The molecule has 3 amide bonds. The van der Waals surface area contributed by atoms with Crippen LogP contribution in [0.5, 0.6) is 5.88 Å². The second kappa shape index (κ2) is 12.2. The quantitative estimate of drug-likeness (QED) is 0.453. The van der Waals surface area contributed by atoms with Gasteiger partial charge in [-0.15, -0.1) is 0 Å². The van der Waals surface area contributed by atoms with Crippen molar-refractivity contribution in [2.24, 2.45) is 5.41 Å². The molecule has 2 aliphatic heterocycles. The lowest BCUT2D eigenvalue weighted by atomic mass is 9.74. The first kappa shape index (κ1) is 30.6. The van der Waals surface area contributed by atoms with E-state index in [2.05, 4.69) is 15.6 Å². The van der Waals surface area contributed by atoms with Gasteiger partial charge in [0.05, 0.1) is 12.5 Å². The third kappa shape index (κ3) is 7.68. The van der Waals surface area contributed by atoms with Crippen LogP contribution in [0.25, 0.3) is 10.8 Å². The van der Waals surface area contributed by atoms with Crippen molar-refractivity contribution in [1.29, 1.82) is 0 Å². The third-order valence-electron chi connectivity index (χ3n) is 7.16. The van der Waals surface area contributed by atoms with Gasteiger partial charge < -0.3 is 34.7 Å². The van der Waals surface area contributed by atoms with Crippen molar-refractivity contribution in [1.82, 2.24) is 20.5 Å². The Morgan fingerprint density at radius 1 is 1.15 bits per heavy atom. The summed E-state index contributed by atoms with van der Waals surface area (Å²) in [5.74, 6) is -1.03. The van der Waals surface area contributed by atoms with Gasteiger partial charge in [-0.25, -0.2) is 9.78 Å². The molecule has 1 aromatic carbocycles. The molecule has 2 fully saturated rings. The van der Waals surface area contributed by atoms with Crippen LogP contribution in [-0.2, 0) is 19.0 Å². The average molecular weight is 568 g/mol. The smallest absolute Gasteiger partial charge is 0.472 e. The van der Waals surface area contributed by atoms with Crippen molar-refractivity contribution in [3.8, 4) is 5.88 Å². The van der Waals surface area contributed by atoms with Gasteiger partial charge in [0.25, 0.3) is 0 Å². The molecular formula is C29H41BN4O7. The first-order chi connectivity index (χ1) is 19.2. The number of carbonyl (C=O) groups excluding carboxylic acids is 3. The van der Waals surface area contributed by atoms with E-state index in [1.807, 2.05) is 51.1 Å². The molecule has 41 heavy (non-hydrogen) atoms. The van der Waals surface area contributed by atoms with Crippen LogP contribution < -0.4 is 15.4 Å². The maximum atomic E-state index is 14.1. The van der Waals surface area contributed by atoms with E-state index in [0.29, 0.717) is 25.3 Å². The molecule has 3 N–H and O–H groups in total. The Hall–Kier alpha value is -3.38. The zero-order valence-corrected chi connectivity index (χ0v) is 24.7. The maximum absolute atomic E-state index is 14.1. The summed E-state index contributed by atoms with van der Waals surface area (Å²) in [6.07, 6.45) is 1.85. The summed E-state index contributed by atoms with van der Waals surface area (Å²) in [5, 5.41) is 17.6. The zero-order chi connectivity index (χ0) is 29.9. The van der Waals surface area contributed by atoms with E-state index < -0.39 is 60.2 Å². The van der Waals surface area contributed by atoms with E-state index in [1.165, 1.54) is 4.90 Å². The Balaban J connectivity index is 1.60. The van der Waals surface area contributed by atoms with Crippen LogP contribution in [0.4, 0.5) is 4.79 Å². The highest BCUT2D eigenvalue weighted by molar-refractivity contribution is 6.45. The highest BCUT2D eigenvalue weighted by Gasteiger charge is 2.47. The van der Waals surface area contributed by atoms with Crippen LogP contribution in [-0.4, -0.2) is 82.8 Å². The lowest BCUT2D eigenvalue weighted by molar-refractivity contribution is -0.142. The van der Waals surface area contributed by atoms with Crippen molar-refractivity contribution in [3.63, 3.8) is 0 Å². The summed E-state index contributed by atoms with van der Waals surface area (Å²) in [6.45, 7) is 11.3. The number of likely N-dealkylation sites (tertiary alicyclic amines) is 1. The molecule has 12 heteroatoms. The van der Waals surface area contributed by atoms with Crippen LogP contribution >= 0.6 is 0 Å². The number of nitrogens with one attached hydrogen (secondary N) is 2. The van der Waals surface area contributed by atoms with E-state index in [0.717, 1.165) is 10.8 Å². The Kier molecular flexibility index (Phi) is 9.13. The fraction of sp³-hybridized carbons (Fsp3) is 0.586. The van der Waals surface area contributed by atoms with Crippen LogP contribution in [0.1, 0.15) is 60.8 Å². The minimum atomic E-state index is -1.12. The SMILES string of the molecule is CC(C)(C)OC(=O)N[C@H](C(=O)N1C[C@H](Oc2nccc3ccccc23)C[C@H]1C(=O)NC1CCCOB1O)C(C)(C)C. The number of carbonyl (C=O) groups is 3. The molecule has 4 atom stereocenters. The highest BCUT2D eigenvalue weighted by Crippen LogP contribution is 2.30. The molecule has 2 aliphatic rings. The summed E-state index contributed by atoms with van der Waals surface area (Å²) < 4.78 is 17.0. The van der Waals surface area contributed by atoms with Gasteiger partial charge in [0, 0.05) is 24.6 Å². The van der Waals surface area contributed by atoms with Gasteiger partial charge in [-0.2, -0.15) is 0 Å². The van der Waals surface area contributed by atoms with Crippen LogP contribution in [0, 0.1) is 5.41 Å². The molecule has 2 aromatic rings. The molecule has 0 saturated carbocycles. The highest BCUT2D eigenvalue weighted by atomic mass is 16.6. The monoisotopic (exact) mass is 568 g/mol. The molecule has 3 heterocycles. The predicted molar refractivity (Wildman–Crippen MR) is 154 cm³/mol. The van der Waals surface area contributed by atoms with Crippen molar-refractivity contribution in [3.05, 3.63) is 36.5 Å². The molecule has 1 aromatic heterocycles. The Bertz CT molecular complexity index is 1260. The maximum Gasteiger partial charge on any atom is 0.478 e. The molecule has 0 aliphatic carbocycles. The Labute approximate surface area is 241 Å². The topological polar surface area (TPSA) is 139 Å². The van der Waals surface area contributed by atoms with Gasteiger partial charge in [0.15, 0.2) is 0 Å². The van der Waals surface area contributed by atoms with Gasteiger partial charge in [-0.3, -0.25) is 9.59 Å². The van der Waals surface area contributed by atoms with Crippen molar-refractivity contribution >= 4 is 35.8 Å². The van der Waals surface area contributed by atoms with Crippen molar-refractivity contribution in [2.75, 3.05) is 13.2 Å². The van der Waals surface area contributed by atoms with Gasteiger partial charge in [0.1, 0.15) is 23.8 Å². The molecule has 0 radical (unpaired) electrons. The number of nitrogens with zero attached hydrogens (tertiary/aromatic N) is 2. The number of hydrogen-bond acceptors (Lipinski definition) is 8. The van der Waals surface area contributed by atoms with Crippen molar-refractivity contribution in [2.45, 2.75) is 90.5 Å². The normalized spacial score (nSPS) is 22.3. The summed E-state index contributed by atoms with van der Waals surface area (Å²) in [5.41, 5.74) is -1.45. The number of amides is 3. The van der Waals surface area contributed by atoms with E-state index in [4.69, 9.17) is 14.1 Å². The van der Waals surface area contributed by atoms with E-state index in [-0.39, 0.29) is 13.0 Å². The fourth-order valence-electron chi connectivity index (χ4n) is 5.15. The largest absolute Gasteiger partial charge is 0.478 e. The number of pyridine rings is 1. The van der Waals surface area contributed by atoms with E-state index in [1.54, 1.807) is 27.0 Å². The number of ether oxygens (including phenoxy) is 2. The van der Waals surface area contributed by atoms with Crippen molar-refractivity contribution < 1.29 is 33.5 Å². The molecule has 0 bridgehead atoms. The summed E-state index contributed by atoms with van der Waals surface area (Å²) in [7, 11) is -1.12. The lowest BCUT2D eigenvalue weighted by Gasteiger charge is -2.36. The van der Waals surface area contributed by atoms with Crippen LogP contribution in [0.3, 0.4) is 0 Å². The molecule has 222 valence electrons. The first-order valence-corrected chi connectivity index (χ1v) is 14.1. The average Bonchev–Trinajstić information content (AvgIpc) is 3.31. The standard InChI is InChI=1S/C29H41BN4O7/c1-28(2,3)23(33-27(37)41-29(4,5)6)26(36)34-17-19(40-25-20-11-8-7-10-18(20)13-14-31-25)16-21(34)24(35)32-22-12-9-15-39-30(22)38/h7-8,10-11,13-14,19,21-23,38H,9,12,15-17H2,1-6H3,(H,32,35)(H,33,37)/t19-,21+,22?,23-/m1/s1. The summed E-state index contributed by atoms with van der Waals surface area (Å²) >= 11 is 0. The van der Waals surface area contributed by atoms with Gasteiger partial charge in [-0.05, 0) is 56.5 Å². The number of benzene rings is 1. The second-order valence-electron chi connectivity index (χ2n) is 12.8. The summed E-state index contributed by atoms with van der Waals surface area (Å²) in [4.78, 5) is 46.3. The Morgan fingerprint density at radius 2 is 1.88 bits per heavy atom. The van der Waals surface area contributed by atoms with Crippen LogP contribution in [0.2, 0.25) is 0 Å². The minimum Gasteiger partial charge on any atom is -0.472 e. The molecule has 11 nitrogen and oxygen atoms in total. The van der Waals surface area contributed by atoms with E-state index in [9.17, 15) is 19.4 Å². The van der Waals surface area contributed by atoms with Gasteiger partial charge in [-0.1, -0.05) is 39.0 Å². The summed E-state index contributed by atoms with van der Waals surface area (Å²) in [6, 6.07) is 7.69. The lowest BCUT2D eigenvalue weighted by Crippen LogP contribution is -2.60. The number of aromatic nitrogens is 1. The molecule has 4 rings (SSSR count). The first-order valence-electron chi connectivity index (χ1n) is 14.1. The Morgan fingerprint density at radius 3 is 2.56 bits per heavy atom. The number of hydrogen-bond donors (Lipinski definition) is 3. The molecule has 1 unspecified atom stereocenters. The predicted octanol–water partition coefficient (Wildman–Crippen LogP) is 2.84.